The summed E-state index contributed by atoms with van der Waals surface area (Å²) in [5.74, 6) is 10.1. The Balaban J connectivity index is 1.96. The Morgan fingerprint density at radius 2 is 1.56 bits per heavy atom. The molecule has 0 aliphatic heterocycles. The third-order valence-electron chi connectivity index (χ3n) is 4.85. The first-order valence-electron chi connectivity index (χ1n) is 7.08. The molecule has 4 unspecified atom stereocenters. The minimum atomic E-state index is 0.553. The summed E-state index contributed by atoms with van der Waals surface area (Å²) in [6, 6.07) is 0.553. The van der Waals surface area contributed by atoms with Gasteiger partial charge >= 0.3 is 0 Å². The Kier molecular flexibility index (Phi) is 3.91. The summed E-state index contributed by atoms with van der Waals surface area (Å²) in [4.78, 5) is 0. The van der Waals surface area contributed by atoms with Crippen LogP contribution in [0.1, 0.15) is 52.9 Å². The molecule has 0 radical (unpaired) electrons. The summed E-state index contributed by atoms with van der Waals surface area (Å²) in [5, 5.41) is 0. The summed E-state index contributed by atoms with van der Waals surface area (Å²) < 4.78 is 0. The smallest absolute Gasteiger partial charge is 0.0267 e. The predicted octanol–water partition coefficient (Wildman–Crippen LogP) is 2.94. The summed E-state index contributed by atoms with van der Waals surface area (Å²) in [7, 11) is 0. The van der Waals surface area contributed by atoms with Crippen molar-refractivity contribution in [1.82, 2.24) is 5.43 Å². The molecule has 2 rings (SSSR count). The van der Waals surface area contributed by atoms with E-state index < -0.39 is 0 Å². The molecular formula is C14H28N2. The van der Waals surface area contributed by atoms with E-state index in [1.165, 1.54) is 32.1 Å². The Bertz CT molecular complexity index is 215. The fourth-order valence-corrected chi connectivity index (χ4v) is 3.93. The first-order valence-corrected chi connectivity index (χ1v) is 7.08. The van der Waals surface area contributed by atoms with Crippen LogP contribution in [-0.4, -0.2) is 6.04 Å². The maximum atomic E-state index is 5.81. The van der Waals surface area contributed by atoms with Gasteiger partial charge in [0.25, 0.3) is 0 Å². The number of hydrogen-bond donors (Lipinski definition) is 2. The van der Waals surface area contributed by atoms with Crippen molar-refractivity contribution in [2.24, 2.45) is 35.4 Å². The lowest BCUT2D eigenvalue weighted by Gasteiger charge is -2.39. The number of nitrogens with two attached hydrogens (primary N) is 1. The van der Waals surface area contributed by atoms with Gasteiger partial charge in [-0.25, -0.2) is 0 Å². The van der Waals surface area contributed by atoms with Gasteiger partial charge in [0, 0.05) is 6.04 Å². The Morgan fingerprint density at radius 1 is 1.00 bits per heavy atom. The highest BCUT2D eigenvalue weighted by Crippen LogP contribution is 2.43. The van der Waals surface area contributed by atoms with E-state index in [0.717, 1.165) is 29.6 Å². The minimum absolute atomic E-state index is 0.553. The standard InChI is InChI=1S/C14H28N2/c1-9-6-10(2)8-13(7-9)14(16-15)11(3)12-4-5-12/h9-14,16H,4-8,15H2,1-3H3. The minimum Gasteiger partial charge on any atom is -0.271 e. The Labute approximate surface area is 100 Å². The van der Waals surface area contributed by atoms with Crippen molar-refractivity contribution in [3.8, 4) is 0 Å². The zero-order valence-corrected chi connectivity index (χ0v) is 11.1. The van der Waals surface area contributed by atoms with Crippen LogP contribution < -0.4 is 11.3 Å². The van der Waals surface area contributed by atoms with Crippen LogP contribution in [-0.2, 0) is 0 Å². The SMILES string of the molecule is CC1CC(C)CC(C(NN)C(C)C2CC2)C1. The molecule has 0 heterocycles. The third kappa shape index (κ3) is 2.78. The van der Waals surface area contributed by atoms with Crippen LogP contribution in [0.15, 0.2) is 0 Å². The summed E-state index contributed by atoms with van der Waals surface area (Å²) in [5.41, 5.74) is 3.13. The zero-order chi connectivity index (χ0) is 11.7. The van der Waals surface area contributed by atoms with Crippen LogP contribution in [0.3, 0.4) is 0 Å². The molecule has 4 atom stereocenters. The van der Waals surface area contributed by atoms with Gasteiger partial charge in [-0.1, -0.05) is 20.8 Å². The van der Waals surface area contributed by atoms with E-state index in [4.69, 9.17) is 5.84 Å². The van der Waals surface area contributed by atoms with Crippen LogP contribution in [0.5, 0.6) is 0 Å². The first kappa shape index (κ1) is 12.4. The number of hydrogen-bond acceptors (Lipinski definition) is 2. The summed E-state index contributed by atoms with van der Waals surface area (Å²) in [6.07, 6.45) is 7.01. The third-order valence-corrected chi connectivity index (χ3v) is 4.85. The van der Waals surface area contributed by atoms with Gasteiger partial charge < -0.3 is 0 Å². The molecule has 2 saturated carbocycles. The molecule has 0 saturated heterocycles. The molecule has 2 aliphatic carbocycles. The Morgan fingerprint density at radius 3 is 2.00 bits per heavy atom. The average molecular weight is 224 g/mol. The van der Waals surface area contributed by atoms with Gasteiger partial charge in [-0.15, -0.1) is 0 Å². The summed E-state index contributed by atoms with van der Waals surface area (Å²) in [6.45, 7) is 7.20. The van der Waals surface area contributed by atoms with E-state index in [1.54, 1.807) is 0 Å². The highest BCUT2D eigenvalue weighted by atomic mass is 15.2. The van der Waals surface area contributed by atoms with Crippen molar-refractivity contribution in [3.63, 3.8) is 0 Å². The first-order chi connectivity index (χ1) is 7.61. The molecule has 0 spiro atoms. The maximum Gasteiger partial charge on any atom is 0.0267 e. The lowest BCUT2D eigenvalue weighted by atomic mass is 9.71. The maximum absolute atomic E-state index is 5.81. The van der Waals surface area contributed by atoms with Gasteiger partial charge in [-0.3, -0.25) is 11.3 Å². The molecule has 2 nitrogen and oxygen atoms in total. The molecule has 0 amide bonds. The molecule has 0 bridgehead atoms. The van der Waals surface area contributed by atoms with Crippen molar-refractivity contribution < 1.29 is 0 Å². The lowest BCUT2D eigenvalue weighted by Crippen LogP contribution is -2.48. The monoisotopic (exact) mass is 224 g/mol. The van der Waals surface area contributed by atoms with Gasteiger partial charge in [0.1, 0.15) is 0 Å². The molecular weight excluding hydrogens is 196 g/mol. The topological polar surface area (TPSA) is 38.0 Å². The van der Waals surface area contributed by atoms with Crippen LogP contribution >= 0.6 is 0 Å². The van der Waals surface area contributed by atoms with E-state index in [0.29, 0.717) is 6.04 Å². The molecule has 0 aromatic rings. The number of nitrogens with one attached hydrogen (secondary N) is 1. The second-order valence-electron chi connectivity index (χ2n) is 6.57. The van der Waals surface area contributed by atoms with Crippen molar-refractivity contribution in [1.29, 1.82) is 0 Å². The number of hydrazine groups is 1. The highest BCUT2D eigenvalue weighted by molar-refractivity contribution is 4.91. The average Bonchev–Trinajstić information content (AvgIpc) is 2.99. The molecule has 2 aliphatic rings. The van der Waals surface area contributed by atoms with E-state index in [1.807, 2.05) is 0 Å². The van der Waals surface area contributed by atoms with Gasteiger partial charge in [-0.05, 0) is 61.7 Å². The molecule has 3 N–H and O–H groups in total. The van der Waals surface area contributed by atoms with Crippen molar-refractivity contribution >= 4 is 0 Å². The molecule has 0 aromatic carbocycles. The van der Waals surface area contributed by atoms with E-state index >= 15 is 0 Å². The molecule has 0 aromatic heterocycles. The van der Waals surface area contributed by atoms with E-state index in [2.05, 4.69) is 26.2 Å². The van der Waals surface area contributed by atoms with Crippen molar-refractivity contribution in [2.75, 3.05) is 0 Å². The van der Waals surface area contributed by atoms with Gasteiger partial charge in [-0.2, -0.15) is 0 Å². The quantitative estimate of drug-likeness (QED) is 0.569. The number of rotatable bonds is 4. The molecule has 94 valence electrons. The van der Waals surface area contributed by atoms with Crippen LogP contribution in [0.4, 0.5) is 0 Å². The normalized spacial score (nSPS) is 39.4. The molecule has 16 heavy (non-hydrogen) atoms. The van der Waals surface area contributed by atoms with E-state index in [-0.39, 0.29) is 0 Å². The summed E-state index contributed by atoms with van der Waals surface area (Å²) >= 11 is 0. The fourth-order valence-electron chi connectivity index (χ4n) is 3.93. The second-order valence-corrected chi connectivity index (χ2v) is 6.57. The van der Waals surface area contributed by atoms with Crippen LogP contribution in [0.25, 0.3) is 0 Å². The van der Waals surface area contributed by atoms with Crippen molar-refractivity contribution in [3.05, 3.63) is 0 Å². The molecule has 2 fully saturated rings. The lowest BCUT2D eigenvalue weighted by molar-refractivity contribution is 0.141. The zero-order valence-electron chi connectivity index (χ0n) is 11.1. The fraction of sp³-hybridized carbons (Fsp3) is 1.00. The van der Waals surface area contributed by atoms with Gasteiger partial charge in [0.05, 0.1) is 0 Å². The van der Waals surface area contributed by atoms with Crippen molar-refractivity contribution in [2.45, 2.75) is 58.9 Å². The van der Waals surface area contributed by atoms with E-state index in [9.17, 15) is 0 Å². The molecule has 2 heteroatoms. The largest absolute Gasteiger partial charge is 0.271 e. The van der Waals surface area contributed by atoms with Crippen LogP contribution in [0.2, 0.25) is 0 Å². The second kappa shape index (κ2) is 5.05. The predicted molar refractivity (Wildman–Crippen MR) is 68.7 cm³/mol. The van der Waals surface area contributed by atoms with Gasteiger partial charge in [0.2, 0.25) is 0 Å². The van der Waals surface area contributed by atoms with Gasteiger partial charge in [0.15, 0.2) is 0 Å². The highest BCUT2D eigenvalue weighted by Gasteiger charge is 2.38. The van der Waals surface area contributed by atoms with Crippen LogP contribution in [0, 0.1) is 29.6 Å². The Hall–Kier alpha value is -0.0800.